The number of H-pyrrole nitrogens is 1. The molecule has 4 aromatic rings. The highest BCUT2D eigenvalue weighted by Gasteiger charge is 2.28. The van der Waals surface area contributed by atoms with E-state index < -0.39 is 0 Å². The SMILES string of the molecule is COc1ccc2[nH]cc(CCNC(=O)C3CCCN(c4nc5ccccc5n4C)C3)c2c1. The first-order chi connectivity index (χ1) is 15.6. The third kappa shape index (κ3) is 3.79. The van der Waals surface area contributed by atoms with Crippen LogP contribution in [0.25, 0.3) is 21.9 Å². The van der Waals surface area contributed by atoms with Crippen LogP contribution < -0.4 is 15.0 Å². The van der Waals surface area contributed by atoms with Crippen molar-refractivity contribution in [3.63, 3.8) is 0 Å². The molecule has 32 heavy (non-hydrogen) atoms. The Hall–Kier alpha value is -3.48. The van der Waals surface area contributed by atoms with Gasteiger partial charge in [-0.3, -0.25) is 4.79 Å². The summed E-state index contributed by atoms with van der Waals surface area (Å²) in [6, 6.07) is 14.2. The van der Waals surface area contributed by atoms with Gasteiger partial charge in [-0.05, 0) is 55.2 Å². The maximum absolute atomic E-state index is 12.9. The van der Waals surface area contributed by atoms with Crippen molar-refractivity contribution in [2.45, 2.75) is 19.3 Å². The zero-order chi connectivity index (χ0) is 22.1. The number of rotatable bonds is 6. The average molecular weight is 432 g/mol. The van der Waals surface area contributed by atoms with Gasteiger partial charge in [-0.1, -0.05) is 12.1 Å². The number of fused-ring (bicyclic) bond motifs is 2. The number of amides is 1. The number of piperidine rings is 1. The molecular formula is C25H29N5O2. The second kappa shape index (κ2) is 8.57. The van der Waals surface area contributed by atoms with Crippen molar-refractivity contribution in [2.24, 2.45) is 13.0 Å². The number of nitrogens with one attached hydrogen (secondary N) is 2. The van der Waals surface area contributed by atoms with Crippen molar-refractivity contribution in [1.29, 1.82) is 0 Å². The maximum atomic E-state index is 12.9. The molecule has 1 amide bonds. The molecule has 3 heterocycles. The molecule has 0 saturated carbocycles. The molecule has 1 aliphatic rings. The average Bonchev–Trinajstić information content (AvgIpc) is 3.39. The zero-order valence-electron chi connectivity index (χ0n) is 18.6. The van der Waals surface area contributed by atoms with Crippen molar-refractivity contribution in [1.82, 2.24) is 19.9 Å². The smallest absolute Gasteiger partial charge is 0.224 e. The number of carbonyl (C=O) groups is 1. The van der Waals surface area contributed by atoms with E-state index in [1.165, 1.54) is 5.56 Å². The highest BCUT2D eigenvalue weighted by molar-refractivity contribution is 5.85. The molecule has 7 nitrogen and oxygen atoms in total. The summed E-state index contributed by atoms with van der Waals surface area (Å²) in [5.41, 5.74) is 4.37. The molecule has 166 valence electrons. The van der Waals surface area contributed by atoms with Gasteiger partial charge in [-0.25, -0.2) is 4.98 Å². The largest absolute Gasteiger partial charge is 0.497 e. The van der Waals surface area contributed by atoms with Gasteiger partial charge in [0.15, 0.2) is 0 Å². The summed E-state index contributed by atoms with van der Waals surface area (Å²) in [5.74, 6) is 1.89. The molecule has 1 fully saturated rings. The van der Waals surface area contributed by atoms with Gasteiger partial charge in [0.2, 0.25) is 11.9 Å². The van der Waals surface area contributed by atoms with Crippen LogP contribution in [0.3, 0.4) is 0 Å². The highest BCUT2D eigenvalue weighted by atomic mass is 16.5. The minimum atomic E-state index is -0.0216. The summed E-state index contributed by atoms with van der Waals surface area (Å²) in [5, 5.41) is 4.30. The molecule has 0 radical (unpaired) electrons. The predicted molar refractivity (Wildman–Crippen MR) is 127 cm³/mol. The topological polar surface area (TPSA) is 75.2 Å². The van der Waals surface area contributed by atoms with E-state index in [-0.39, 0.29) is 11.8 Å². The van der Waals surface area contributed by atoms with Crippen LogP contribution in [0.1, 0.15) is 18.4 Å². The van der Waals surface area contributed by atoms with E-state index in [9.17, 15) is 4.79 Å². The summed E-state index contributed by atoms with van der Waals surface area (Å²) < 4.78 is 7.47. The molecular weight excluding hydrogens is 402 g/mol. The van der Waals surface area contributed by atoms with E-state index in [0.29, 0.717) is 13.1 Å². The first kappa shape index (κ1) is 20.4. The Bertz CT molecular complexity index is 1260. The van der Waals surface area contributed by atoms with Crippen molar-refractivity contribution in [2.75, 3.05) is 31.6 Å². The van der Waals surface area contributed by atoms with Gasteiger partial charge >= 0.3 is 0 Å². The quantitative estimate of drug-likeness (QED) is 0.489. The van der Waals surface area contributed by atoms with Crippen LogP contribution in [-0.2, 0) is 18.3 Å². The predicted octanol–water partition coefficient (Wildman–Crippen LogP) is 3.64. The second-order valence-corrected chi connectivity index (χ2v) is 8.51. The fourth-order valence-electron chi connectivity index (χ4n) is 4.74. The first-order valence-electron chi connectivity index (χ1n) is 11.2. The lowest BCUT2D eigenvalue weighted by atomic mass is 9.97. The third-order valence-electron chi connectivity index (χ3n) is 6.51. The van der Waals surface area contributed by atoms with Crippen molar-refractivity contribution < 1.29 is 9.53 Å². The Kier molecular flexibility index (Phi) is 5.47. The molecule has 2 N–H and O–H groups in total. The lowest BCUT2D eigenvalue weighted by molar-refractivity contribution is -0.125. The maximum Gasteiger partial charge on any atom is 0.224 e. The Morgan fingerprint density at radius 2 is 2.16 bits per heavy atom. The number of aromatic nitrogens is 3. The molecule has 7 heteroatoms. The fourth-order valence-corrected chi connectivity index (χ4v) is 4.74. The number of aryl methyl sites for hydroxylation is 1. The van der Waals surface area contributed by atoms with Crippen LogP contribution >= 0.6 is 0 Å². The van der Waals surface area contributed by atoms with Gasteiger partial charge in [0, 0.05) is 43.8 Å². The van der Waals surface area contributed by atoms with Crippen LogP contribution in [0, 0.1) is 5.92 Å². The monoisotopic (exact) mass is 431 g/mol. The number of nitrogens with zero attached hydrogens (tertiary/aromatic N) is 3. The molecule has 0 bridgehead atoms. The van der Waals surface area contributed by atoms with E-state index in [4.69, 9.17) is 9.72 Å². The van der Waals surface area contributed by atoms with Crippen molar-refractivity contribution in [3.8, 4) is 5.75 Å². The first-order valence-corrected chi connectivity index (χ1v) is 11.2. The van der Waals surface area contributed by atoms with E-state index in [2.05, 4.69) is 25.8 Å². The number of carbonyl (C=O) groups excluding carboxylic acids is 1. The lowest BCUT2D eigenvalue weighted by Crippen LogP contribution is -2.44. The second-order valence-electron chi connectivity index (χ2n) is 8.51. The molecule has 2 aromatic heterocycles. The van der Waals surface area contributed by atoms with Gasteiger partial charge in [0.1, 0.15) is 5.75 Å². The van der Waals surface area contributed by atoms with Crippen LogP contribution in [-0.4, -0.2) is 47.2 Å². The Balaban J connectivity index is 1.22. The molecule has 1 atom stereocenters. The molecule has 5 rings (SSSR count). The molecule has 1 saturated heterocycles. The number of para-hydroxylation sites is 2. The van der Waals surface area contributed by atoms with E-state index in [1.54, 1.807) is 7.11 Å². The Labute approximate surface area is 187 Å². The van der Waals surface area contributed by atoms with E-state index in [0.717, 1.165) is 59.4 Å². The number of ether oxygens (including phenoxy) is 1. The summed E-state index contributed by atoms with van der Waals surface area (Å²) in [7, 11) is 3.72. The molecule has 0 spiro atoms. The molecule has 1 aliphatic heterocycles. The number of benzene rings is 2. The van der Waals surface area contributed by atoms with Gasteiger partial charge in [-0.2, -0.15) is 0 Å². The van der Waals surface area contributed by atoms with Crippen LogP contribution in [0.15, 0.2) is 48.7 Å². The highest BCUT2D eigenvalue weighted by Crippen LogP contribution is 2.26. The van der Waals surface area contributed by atoms with Crippen LogP contribution in [0.5, 0.6) is 5.75 Å². The summed E-state index contributed by atoms with van der Waals surface area (Å²) in [6.45, 7) is 2.25. The van der Waals surface area contributed by atoms with Gasteiger partial charge in [-0.15, -0.1) is 0 Å². The zero-order valence-corrected chi connectivity index (χ0v) is 18.6. The standard InChI is InChI=1S/C25H29N5O2/c1-29-23-8-4-3-7-22(23)28-25(29)30-13-5-6-18(16-30)24(31)26-12-11-17-15-27-21-10-9-19(32-2)14-20(17)21/h3-4,7-10,14-15,18,27H,5-6,11-13,16H2,1-2H3,(H,26,31). The summed E-state index contributed by atoms with van der Waals surface area (Å²) >= 11 is 0. The number of methoxy groups -OCH3 is 1. The molecule has 1 unspecified atom stereocenters. The van der Waals surface area contributed by atoms with Crippen LogP contribution in [0.2, 0.25) is 0 Å². The number of hydrogen-bond donors (Lipinski definition) is 2. The normalized spacial score (nSPS) is 16.6. The number of anilines is 1. The summed E-state index contributed by atoms with van der Waals surface area (Å²) in [6.07, 6.45) is 4.70. The van der Waals surface area contributed by atoms with E-state index in [1.807, 2.05) is 49.6 Å². The Morgan fingerprint density at radius 1 is 1.28 bits per heavy atom. The number of hydrogen-bond acceptors (Lipinski definition) is 4. The number of aromatic amines is 1. The Morgan fingerprint density at radius 3 is 3.00 bits per heavy atom. The molecule has 2 aromatic carbocycles. The summed E-state index contributed by atoms with van der Waals surface area (Å²) in [4.78, 5) is 23.3. The van der Waals surface area contributed by atoms with Crippen molar-refractivity contribution in [3.05, 3.63) is 54.2 Å². The van der Waals surface area contributed by atoms with Gasteiger partial charge in [0.25, 0.3) is 0 Å². The van der Waals surface area contributed by atoms with Crippen molar-refractivity contribution >= 4 is 33.8 Å². The van der Waals surface area contributed by atoms with E-state index >= 15 is 0 Å². The van der Waals surface area contributed by atoms with Crippen LogP contribution in [0.4, 0.5) is 5.95 Å². The van der Waals surface area contributed by atoms with Gasteiger partial charge in [0.05, 0.1) is 24.1 Å². The molecule has 0 aliphatic carbocycles. The third-order valence-corrected chi connectivity index (χ3v) is 6.51. The number of imidazole rings is 1. The minimum absolute atomic E-state index is 0.0216. The minimum Gasteiger partial charge on any atom is -0.497 e. The fraction of sp³-hybridized carbons (Fsp3) is 0.360. The lowest BCUT2D eigenvalue weighted by Gasteiger charge is -2.32. The van der Waals surface area contributed by atoms with Gasteiger partial charge < -0.3 is 24.5 Å².